The number of fused-ring (bicyclic) bond motifs is 1. The molecule has 36 heavy (non-hydrogen) atoms. The Labute approximate surface area is 209 Å². The molecule has 0 unspecified atom stereocenters. The molecule has 2 heterocycles. The first-order chi connectivity index (χ1) is 17.1. The van der Waals surface area contributed by atoms with Crippen molar-refractivity contribution in [2.24, 2.45) is 0 Å². The highest BCUT2D eigenvalue weighted by molar-refractivity contribution is 7.15. The predicted molar refractivity (Wildman–Crippen MR) is 127 cm³/mol. The van der Waals surface area contributed by atoms with Crippen LogP contribution in [0.15, 0.2) is 36.5 Å². The van der Waals surface area contributed by atoms with Crippen molar-refractivity contribution in [3.05, 3.63) is 62.2 Å². The molecule has 184 valence electrons. The molecular weight excluding hydrogens is 523 g/mol. The third-order valence-corrected chi connectivity index (χ3v) is 5.92. The molecule has 0 saturated heterocycles. The van der Waals surface area contributed by atoms with Gasteiger partial charge >= 0.3 is 11.9 Å². The average molecular weight is 536 g/mol. The molecular formula is C21H13ClF3N7O3S. The van der Waals surface area contributed by atoms with Crippen LogP contribution in [-0.4, -0.2) is 26.7 Å². The third kappa shape index (κ3) is 4.92. The second kappa shape index (κ2) is 9.80. The zero-order chi connectivity index (χ0) is 26.0. The molecule has 0 spiro atoms. The van der Waals surface area contributed by atoms with Crippen LogP contribution in [0.3, 0.4) is 0 Å². The lowest BCUT2D eigenvalue weighted by molar-refractivity contribution is -0.384. The van der Waals surface area contributed by atoms with Gasteiger partial charge in [-0.1, -0.05) is 22.9 Å². The van der Waals surface area contributed by atoms with E-state index >= 15 is 0 Å². The average Bonchev–Trinajstić information content (AvgIpc) is 3.30. The van der Waals surface area contributed by atoms with Gasteiger partial charge in [0.1, 0.15) is 6.07 Å². The highest BCUT2D eigenvalue weighted by Gasteiger charge is 2.35. The van der Waals surface area contributed by atoms with E-state index in [1.807, 2.05) is 6.07 Å². The van der Waals surface area contributed by atoms with E-state index in [4.69, 9.17) is 16.3 Å². The van der Waals surface area contributed by atoms with Crippen LogP contribution in [0.5, 0.6) is 5.75 Å². The summed E-state index contributed by atoms with van der Waals surface area (Å²) in [5, 5.41) is 32.8. The Hall–Kier alpha value is -4.22. The maximum Gasteiger partial charge on any atom is 0.445 e. The van der Waals surface area contributed by atoms with Gasteiger partial charge in [-0.3, -0.25) is 10.1 Å². The number of aromatic nitrogens is 3. The van der Waals surface area contributed by atoms with Gasteiger partial charge < -0.3 is 15.4 Å². The number of hydrogen-bond acceptors (Lipinski definition) is 10. The second-order valence-corrected chi connectivity index (χ2v) is 8.40. The molecule has 0 fully saturated rings. The fraction of sp³-hybridized carbons (Fsp3) is 0.143. The summed E-state index contributed by atoms with van der Waals surface area (Å²) in [5.74, 6) is 0.0435. The Balaban J connectivity index is 1.69. The molecule has 0 amide bonds. The topological polar surface area (TPSA) is 139 Å². The number of ether oxygens (including phenoxy) is 1. The Kier molecular flexibility index (Phi) is 6.77. The van der Waals surface area contributed by atoms with Crippen LogP contribution in [0.2, 0.25) is 5.02 Å². The van der Waals surface area contributed by atoms with Gasteiger partial charge in [0.05, 0.1) is 33.5 Å². The minimum atomic E-state index is -4.61. The Morgan fingerprint density at radius 3 is 2.64 bits per heavy atom. The molecule has 4 aromatic rings. The van der Waals surface area contributed by atoms with E-state index in [2.05, 4.69) is 25.8 Å². The molecule has 2 aromatic carbocycles. The summed E-state index contributed by atoms with van der Waals surface area (Å²) >= 11 is 6.63. The van der Waals surface area contributed by atoms with Gasteiger partial charge in [-0.05, 0) is 37.3 Å². The maximum absolute atomic E-state index is 12.8. The highest BCUT2D eigenvalue weighted by atomic mass is 35.5. The molecule has 0 radical (unpaired) electrons. The number of nitro groups is 1. The summed E-state index contributed by atoms with van der Waals surface area (Å²) in [6, 6.07) is 9.48. The molecule has 0 atom stereocenters. The van der Waals surface area contributed by atoms with E-state index in [-0.39, 0.29) is 50.7 Å². The number of pyridine rings is 1. The van der Waals surface area contributed by atoms with Crippen molar-refractivity contribution in [2.45, 2.75) is 13.1 Å². The van der Waals surface area contributed by atoms with Gasteiger partial charge in [0.2, 0.25) is 10.1 Å². The van der Waals surface area contributed by atoms with Gasteiger partial charge in [-0.25, -0.2) is 4.98 Å². The molecule has 0 bridgehead atoms. The van der Waals surface area contributed by atoms with Crippen LogP contribution in [-0.2, 0) is 6.18 Å². The molecule has 2 N–H and O–H groups in total. The number of hydrogen-bond donors (Lipinski definition) is 2. The molecule has 0 saturated carbocycles. The van der Waals surface area contributed by atoms with E-state index in [0.717, 1.165) is 0 Å². The number of nitriles is 1. The van der Waals surface area contributed by atoms with E-state index in [9.17, 15) is 28.5 Å². The SMILES string of the molecule is CCOc1ccc2c(Nc3ccc(Nc4nnc(C(F)(F)F)s4)c(Cl)c3)c(C#N)cnc2c1[N+](=O)[O-]. The molecule has 0 aliphatic carbocycles. The van der Waals surface area contributed by atoms with E-state index < -0.39 is 16.1 Å². The van der Waals surface area contributed by atoms with Crippen molar-refractivity contribution in [1.82, 2.24) is 15.2 Å². The summed E-state index contributed by atoms with van der Waals surface area (Å²) < 4.78 is 43.6. The summed E-state index contributed by atoms with van der Waals surface area (Å²) in [4.78, 5) is 15.2. The van der Waals surface area contributed by atoms with E-state index in [1.165, 1.54) is 24.4 Å². The smallest absolute Gasteiger partial charge is 0.445 e. The van der Waals surface area contributed by atoms with Gasteiger partial charge in [0.25, 0.3) is 0 Å². The molecule has 0 aliphatic rings. The molecule has 15 heteroatoms. The summed E-state index contributed by atoms with van der Waals surface area (Å²) in [7, 11) is 0. The lowest BCUT2D eigenvalue weighted by Crippen LogP contribution is -2.03. The van der Waals surface area contributed by atoms with Crippen LogP contribution in [0, 0.1) is 21.4 Å². The molecule has 0 aliphatic heterocycles. The van der Waals surface area contributed by atoms with Gasteiger partial charge in [0.15, 0.2) is 11.3 Å². The number of halogens is 4. The summed E-state index contributed by atoms with van der Waals surface area (Å²) in [6.07, 6.45) is -3.40. The zero-order valence-electron chi connectivity index (χ0n) is 18.1. The number of nitro benzene ring substituents is 1. The van der Waals surface area contributed by atoms with Gasteiger partial charge in [-0.2, -0.15) is 18.4 Å². The Morgan fingerprint density at radius 1 is 1.25 bits per heavy atom. The Bertz CT molecular complexity index is 1520. The number of anilines is 4. The van der Waals surface area contributed by atoms with Crippen molar-refractivity contribution in [3.63, 3.8) is 0 Å². The van der Waals surface area contributed by atoms with Gasteiger partial charge in [0, 0.05) is 17.3 Å². The van der Waals surface area contributed by atoms with E-state index in [1.54, 1.807) is 19.1 Å². The first-order valence-corrected chi connectivity index (χ1v) is 11.2. The number of nitrogens with zero attached hydrogens (tertiary/aromatic N) is 5. The van der Waals surface area contributed by atoms with Crippen molar-refractivity contribution >= 4 is 61.7 Å². The largest absolute Gasteiger partial charge is 0.487 e. The van der Waals surface area contributed by atoms with Crippen LogP contribution in [0.4, 0.5) is 41.1 Å². The van der Waals surface area contributed by atoms with Crippen LogP contribution in [0.25, 0.3) is 10.9 Å². The summed E-state index contributed by atoms with van der Waals surface area (Å²) in [6.45, 7) is 1.90. The number of alkyl halides is 3. The van der Waals surface area contributed by atoms with E-state index in [0.29, 0.717) is 22.4 Å². The number of nitrogens with one attached hydrogen (secondary N) is 2. The Morgan fingerprint density at radius 2 is 2.03 bits per heavy atom. The van der Waals surface area contributed by atoms with Gasteiger partial charge in [-0.15, -0.1) is 10.2 Å². The number of rotatable bonds is 7. The quantitative estimate of drug-likeness (QED) is 0.202. The fourth-order valence-electron chi connectivity index (χ4n) is 3.24. The highest BCUT2D eigenvalue weighted by Crippen LogP contribution is 2.40. The van der Waals surface area contributed by atoms with Crippen molar-refractivity contribution < 1.29 is 22.8 Å². The standard InChI is InChI=1S/C21H13ClF3N7O3S/c1-2-35-15-6-4-12-16(10(8-26)9-27-17(12)18(15)32(33)34)28-11-3-5-14(13(22)7-11)29-20-31-30-19(36-20)21(23,24)25/h3-7,9H,2H2,1H3,(H,27,28)(H,29,31). The molecule has 4 rings (SSSR count). The van der Waals surface area contributed by atoms with Crippen molar-refractivity contribution in [1.29, 1.82) is 5.26 Å². The minimum absolute atomic E-state index is 0.0218. The fourth-order valence-corrected chi connectivity index (χ4v) is 4.09. The zero-order valence-corrected chi connectivity index (χ0v) is 19.6. The normalized spacial score (nSPS) is 11.2. The lowest BCUT2D eigenvalue weighted by atomic mass is 10.1. The van der Waals surface area contributed by atoms with Crippen LogP contribution in [0.1, 0.15) is 17.5 Å². The second-order valence-electron chi connectivity index (χ2n) is 7.01. The first kappa shape index (κ1) is 24.9. The predicted octanol–water partition coefficient (Wildman–Crippen LogP) is 6.42. The lowest BCUT2D eigenvalue weighted by Gasteiger charge is -2.14. The molecule has 10 nitrogen and oxygen atoms in total. The maximum atomic E-state index is 12.8. The number of benzene rings is 2. The third-order valence-electron chi connectivity index (χ3n) is 4.73. The van der Waals surface area contributed by atoms with Crippen LogP contribution < -0.4 is 15.4 Å². The van der Waals surface area contributed by atoms with Crippen LogP contribution >= 0.6 is 22.9 Å². The first-order valence-electron chi connectivity index (χ1n) is 9.99. The van der Waals surface area contributed by atoms with Crippen molar-refractivity contribution in [3.8, 4) is 11.8 Å². The molecule has 2 aromatic heterocycles. The monoisotopic (exact) mass is 535 g/mol. The minimum Gasteiger partial charge on any atom is -0.487 e. The summed E-state index contributed by atoms with van der Waals surface area (Å²) in [5.41, 5.74) is 0.726. The van der Waals surface area contributed by atoms with Crippen molar-refractivity contribution in [2.75, 3.05) is 17.2 Å².